The summed E-state index contributed by atoms with van der Waals surface area (Å²) in [7, 11) is 4.94. The van der Waals surface area contributed by atoms with Crippen LogP contribution in [0, 0.1) is 0 Å². The Bertz CT molecular complexity index is 232. The fourth-order valence-electron chi connectivity index (χ4n) is 1.49. The molecule has 1 rings (SSSR count). The number of hydrogen-bond acceptors (Lipinski definition) is 3. The van der Waals surface area contributed by atoms with Gasteiger partial charge in [-0.25, -0.2) is 0 Å². The van der Waals surface area contributed by atoms with E-state index in [0.717, 1.165) is 5.76 Å². The minimum Gasteiger partial charge on any atom is -0.498 e. The highest BCUT2D eigenvalue weighted by atomic mass is 16.6. The Hall–Kier alpha value is -0.800. The van der Waals surface area contributed by atoms with Crippen molar-refractivity contribution in [2.45, 2.75) is 18.6 Å². The highest BCUT2D eigenvalue weighted by Gasteiger charge is 2.37. The molecule has 0 saturated heterocycles. The lowest BCUT2D eigenvalue weighted by molar-refractivity contribution is -0.0781. The molecule has 0 heterocycles. The van der Waals surface area contributed by atoms with Crippen LogP contribution < -0.4 is 0 Å². The highest BCUT2D eigenvalue weighted by molar-refractivity contribution is 5.26. The van der Waals surface area contributed by atoms with Crippen LogP contribution in [0.2, 0.25) is 0 Å². The number of rotatable bonds is 3. The Balaban J connectivity index is 2.92. The third kappa shape index (κ3) is 1.76. The first-order valence-corrected chi connectivity index (χ1v) is 4.19. The molecular weight excluding hydrogens is 168 g/mol. The quantitative estimate of drug-likeness (QED) is 0.665. The van der Waals surface area contributed by atoms with E-state index in [1.807, 2.05) is 25.2 Å². The van der Waals surface area contributed by atoms with Crippen LogP contribution in [0.1, 0.15) is 6.92 Å². The maximum atomic E-state index is 5.38. The summed E-state index contributed by atoms with van der Waals surface area (Å²) >= 11 is 0. The van der Waals surface area contributed by atoms with Crippen LogP contribution in [0.15, 0.2) is 24.0 Å². The van der Waals surface area contributed by atoms with Crippen molar-refractivity contribution in [1.29, 1.82) is 0 Å². The van der Waals surface area contributed by atoms with E-state index >= 15 is 0 Å². The molecule has 0 N–H and O–H groups in total. The molecule has 0 amide bonds. The molecule has 1 aliphatic carbocycles. The maximum Gasteiger partial charge on any atom is 0.146 e. The van der Waals surface area contributed by atoms with Crippen molar-refractivity contribution in [3.05, 3.63) is 24.0 Å². The lowest BCUT2D eigenvalue weighted by atomic mass is 9.92. The lowest BCUT2D eigenvalue weighted by Gasteiger charge is -2.35. The Morgan fingerprint density at radius 3 is 2.46 bits per heavy atom. The lowest BCUT2D eigenvalue weighted by Crippen LogP contribution is -2.43. The Kier molecular flexibility index (Phi) is 3.12. The molecule has 74 valence electrons. The molecule has 1 aliphatic rings. The van der Waals surface area contributed by atoms with Crippen molar-refractivity contribution < 1.29 is 14.2 Å². The van der Waals surface area contributed by atoms with Gasteiger partial charge >= 0.3 is 0 Å². The molecule has 2 atom stereocenters. The van der Waals surface area contributed by atoms with Crippen LogP contribution in [0.5, 0.6) is 0 Å². The second-order valence-corrected chi connectivity index (χ2v) is 3.14. The normalized spacial score (nSPS) is 32.9. The molecule has 3 heteroatoms. The van der Waals surface area contributed by atoms with Gasteiger partial charge in [0.25, 0.3) is 0 Å². The minimum atomic E-state index is -0.436. The van der Waals surface area contributed by atoms with Gasteiger partial charge in [-0.2, -0.15) is 0 Å². The Morgan fingerprint density at radius 1 is 1.31 bits per heavy atom. The Labute approximate surface area is 79.0 Å². The first kappa shape index (κ1) is 10.3. The van der Waals surface area contributed by atoms with Crippen molar-refractivity contribution >= 4 is 0 Å². The molecule has 2 unspecified atom stereocenters. The fourth-order valence-corrected chi connectivity index (χ4v) is 1.49. The van der Waals surface area contributed by atoms with E-state index in [2.05, 4.69) is 0 Å². The average molecular weight is 184 g/mol. The van der Waals surface area contributed by atoms with Crippen LogP contribution in [0.3, 0.4) is 0 Å². The van der Waals surface area contributed by atoms with E-state index in [-0.39, 0.29) is 6.10 Å². The minimum absolute atomic E-state index is 0.174. The van der Waals surface area contributed by atoms with Crippen molar-refractivity contribution in [2.75, 3.05) is 21.3 Å². The van der Waals surface area contributed by atoms with Crippen molar-refractivity contribution in [3.63, 3.8) is 0 Å². The second-order valence-electron chi connectivity index (χ2n) is 3.14. The predicted octanol–water partition coefficient (Wildman–Crippen LogP) is 1.51. The molecular formula is C10H16O3. The summed E-state index contributed by atoms with van der Waals surface area (Å²) in [6.07, 6.45) is 5.59. The molecule has 0 aromatic carbocycles. The van der Waals surface area contributed by atoms with Crippen LogP contribution in [0.4, 0.5) is 0 Å². The summed E-state index contributed by atoms with van der Waals surface area (Å²) in [5.74, 6) is 0.786. The third-order valence-electron chi connectivity index (χ3n) is 2.38. The van der Waals surface area contributed by atoms with E-state index in [0.29, 0.717) is 0 Å². The standard InChI is InChI=1S/C10H16O3/c1-10(13-4)7-5-6-8(11-2)9(10)12-3/h5-7,9H,1-4H3. The predicted molar refractivity (Wildman–Crippen MR) is 50.4 cm³/mol. The van der Waals surface area contributed by atoms with Gasteiger partial charge in [-0.05, 0) is 19.1 Å². The zero-order valence-electron chi connectivity index (χ0n) is 8.53. The SMILES string of the molecule is COC1=CC=CC(C)(OC)C1OC. The van der Waals surface area contributed by atoms with E-state index in [9.17, 15) is 0 Å². The molecule has 0 aliphatic heterocycles. The van der Waals surface area contributed by atoms with Gasteiger partial charge in [-0.3, -0.25) is 0 Å². The molecule has 0 aromatic rings. The summed E-state index contributed by atoms with van der Waals surface area (Å²) in [6.45, 7) is 1.96. The van der Waals surface area contributed by atoms with Crippen LogP contribution >= 0.6 is 0 Å². The molecule has 0 radical (unpaired) electrons. The summed E-state index contributed by atoms with van der Waals surface area (Å²) in [5.41, 5.74) is -0.436. The van der Waals surface area contributed by atoms with Gasteiger partial charge in [0.15, 0.2) is 0 Å². The summed E-state index contributed by atoms with van der Waals surface area (Å²) in [6, 6.07) is 0. The number of ether oxygens (including phenoxy) is 3. The van der Waals surface area contributed by atoms with Gasteiger partial charge in [0, 0.05) is 14.2 Å². The van der Waals surface area contributed by atoms with Crippen LogP contribution in [0.25, 0.3) is 0 Å². The van der Waals surface area contributed by atoms with E-state index < -0.39 is 5.60 Å². The van der Waals surface area contributed by atoms with Gasteiger partial charge in [-0.1, -0.05) is 6.08 Å². The van der Waals surface area contributed by atoms with Gasteiger partial charge in [0.2, 0.25) is 0 Å². The van der Waals surface area contributed by atoms with Crippen molar-refractivity contribution in [3.8, 4) is 0 Å². The number of hydrogen-bond donors (Lipinski definition) is 0. The zero-order chi connectivity index (χ0) is 9.90. The largest absolute Gasteiger partial charge is 0.498 e. The maximum absolute atomic E-state index is 5.38. The molecule has 0 saturated carbocycles. The summed E-state index contributed by atoms with van der Waals surface area (Å²) < 4.78 is 15.9. The van der Waals surface area contributed by atoms with Gasteiger partial charge < -0.3 is 14.2 Å². The number of allylic oxidation sites excluding steroid dienone is 2. The van der Waals surface area contributed by atoms with E-state index in [1.54, 1.807) is 21.3 Å². The van der Waals surface area contributed by atoms with Crippen molar-refractivity contribution in [1.82, 2.24) is 0 Å². The molecule has 0 fully saturated rings. The smallest absolute Gasteiger partial charge is 0.146 e. The first-order chi connectivity index (χ1) is 6.18. The second kappa shape index (κ2) is 3.94. The molecule has 0 aromatic heterocycles. The van der Waals surface area contributed by atoms with Gasteiger partial charge in [0.05, 0.1) is 7.11 Å². The Morgan fingerprint density at radius 2 is 2.00 bits per heavy atom. The molecule has 3 nitrogen and oxygen atoms in total. The number of methoxy groups -OCH3 is 3. The molecule has 13 heavy (non-hydrogen) atoms. The fraction of sp³-hybridized carbons (Fsp3) is 0.600. The van der Waals surface area contributed by atoms with Gasteiger partial charge in [-0.15, -0.1) is 0 Å². The van der Waals surface area contributed by atoms with E-state index in [4.69, 9.17) is 14.2 Å². The van der Waals surface area contributed by atoms with Crippen LogP contribution in [-0.4, -0.2) is 33.0 Å². The topological polar surface area (TPSA) is 27.7 Å². The average Bonchev–Trinajstić information content (AvgIpc) is 2.17. The summed E-state index contributed by atoms with van der Waals surface area (Å²) in [5, 5.41) is 0. The monoisotopic (exact) mass is 184 g/mol. The first-order valence-electron chi connectivity index (χ1n) is 4.19. The van der Waals surface area contributed by atoms with Gasteiger partial charge in [0.1, 0.15) is 17.5 Å². The van der Waals surface area contributed by atoms with E-state index in [1.165, 1.54) is 0 Å². The van der Waals surface area contributed by atoms with Crippen LogP contribution in [-0.2, 0) is 14.2 Å². The molecule has 0 bridgehead atoms. The van der Waals surface area contributed by atoms with Crippen molar-refractivity contribution in [2.24, 2.45) is 0 Å². The summed E-state index contributed by atoms with van der Waals surface area (Å²) in [4.78, 5) is 0. The molecule has 0 spiro atoms. The zero-order valence-corrected chi connectivity index (χ0v) is 8.53. The highest BCUT2D eigenvalue weighted by Crippen LogP contribution is 2.28. The third-order valence-corrected chi connectivity index (χ3v) is 2.38.